The van der Waals surface area contributed by atoms with Gasteiger partial charge in [-0.15, -0.1) is 22.7 Å². The van der Waals surface area contributed by atoms with Crippen LogP contribution in [0.1, 0.15) is 10.0 Å². The maximum Gasteiger partial charge on any atom is 0.234 e. The third-order valence-corrected chi connectivity index (χ3v) is 6.27. The van der Waals surface area contributed by atoms with Crippen molar-refractivity contribution >= 4 is 49.0 Å². The second kappa shape index (κ2) is 8.12. The molecule has 7 heteroatoms. The number of likely N-dealkylation sites (N-methyl/N-ethyl adjacent to an activating group) is 1. The van der Waals surface area contributed by atoms with Crippen LogP contribution in [0, 0.1) is 0 Å². The monoisotopic (exact) mass is 396 g/mol. The number of carbonyl (C=O) groups is 1. The van der Waals surface area contributed by atoms with E-state index in [0.717, 1.165) is 27.5 Å². The molecule has 27 heavy (non-hydrogen) atoms. The van der Waals surface area contributed by atoms with Crippen molar-refractivity contribution in [3.8, 4) is 0 Å². The van der Waals surface area contributed by atoms with E-state index in [0.29, 0.717) is 19.6 Å². The van der Waals surface area contributed by atoms with Gasteiger partial charge in [0.15, 0.2) is 0 Å². The summed E-state index contributed by atoms with van der Waals surface area (Å²) in [7, 11) is 1.94. The number of benzene rings is 2. The third kappa shape index (κ3) is 4.50. The van der Waals surface area contributed by atoms with E-state index in [1.54, 1.807) is 22.7 Å². The van der Waals surface area contributed by atoms with Crippen LogP contribution in [0.3, 0.4) is 0 Å². The fourth-order valence-corrected chi connectivity index (χ4v) is 4.93. The Morgan fingerprint density at radius 2 is 1.56 bits per heavy atom. The van der Waals surface area contributed by atoms with E-state index in [1.165, 1.54) is 9.40 Å². The van der Waals surface area contributed by atoms with Crippen molar-refractivity contribution in [1.29, 1.82) is 0 Å². The summed E-state index contributed by atoms with van der Waals surface area (Å²) in [6.07, 6.45) is 0.757. The van der Waals surface area contributed by atoms with E-state index in [-0.39, 0.29) is 5.91 Å². The first-order valence-corrected chi connectivity index (χ1v) is 10.4. The van der Waals surface area contributed by atoms with Gasteiger partial charge in [0.2, 0.25) is 5.91 Å². The van der Waals surface area contributed by atoms with Crippen molar-refractivity contribution in [3.63, 3.8) is 0 Å². The summed E-state index contributed by atoms with van der Waals surface area (Å²) in [5.74, 6) is 0.0275. The predicted molar refractivity (Wildman–Crippen MR) is 112 cm³/mol. The SMILES string of the molecule is CN(CC(=O)NCCc1nc2ccccc2s1)Cc1nc2ccccc2s1. The molecule has 1 amide bonds. The van der Waals surface area contributed by atoms with Crippen molar-refractivity contribution in [3.05, 3.63) is 58.5 Å². The molecule has 1 N–H and O–H groups in total. The summed E-state index contributed by atoms with van der Waals surface area (Å²) < 4.78 is 2.37. The molecule has 0 fully saturated rings. The van der Waals surface area contributed by atoms with Crippen molar-refractivity contribution in [2.45, 2.75) is 13.0 Å². The second-order valence-electron chi connectivity index (χ2n) is 6.42. The highest BCUT2D eigenvalue weighted by molar-refractivity contribution is 7.18. The summed E-state index contributed by atoms with van der Waals surface area (Å²) >= 11 is 3.37. The first kappa shape index (κ1) is 18.0. The van der Waals surface area contributed by atoms with Gasteiger partial charge in [0.25, 0.3) is 0 Å². The van der Waals surface area contributed by atoms with Crippen molar-refractivity contribution in [1.82, 2.24) is 20.2 Å². The lowest BCUT2D eigenvalue weighted by Crippen LogP contribution is -2.35. The largest absolute Gasteiger partial charge is 0.355 e. The number of aromatic nitrogens is 2. The van der Waals surface area contributed by atoms with Crippen molar-refractivity contribution in [2.75, 3.05) is 20.1 Å². The Morgan fingerprint density at radius 1 is 0.963 bits per heavy atom. The van der Waals surface area contributed by atoms with E-state index in [1.807, 2.05) is 48.3 Å². The molecule has 2 heterocycles. The van der Waals surface area contributed by atoms with Crippen molar-refractivity contribution in [2.24, 2.45) is 0 Å². The lowest BCUT2D eigenvalue weighted by atomic mass is 10.3. The number of carbonyl (C=O) groups excluding carboxylic acids is 1. The topological polar surface area (TPSA) is 58.1 Å². The second-order valence-corrected chi connectivity index (χ2v) is 8.65. The predicted octanol–water partition coefficient (Wildman–Crippen LogP) is 3.70. The number of thiazole rings is 2. The number of fused-ring (bicyclic) bond motifs is 2. The average molecular weight is 397 g/mol. The molecule has 0 aliphatic rings. The molecule has 2 aromatic carbocycles. The Kier molecular flexibility index (Phi) is 5.42. The summed E-state index contributed by atoms with van der Waals surface area (Å²) in [4.78, 5) is 23.4. The van der Waals surface area contributed by atoms with Gasteiger partial charge in [0.05, 0.1) is 38.5 Å². The van der Waals surface area contributed by atoms with Gasteiger partial charge < -0.3 is 5.32 Å². The highest BCUT2D eigenvalue weighted by Crippen LogP contribution is 2.22. The number of hydrogen-bond acceptors (Lipinski definition) is 6. The Hall–Kier alpha value is -2.35. The Bertz CT molecular complexity index is 1010. The van der Waals surface area contributed by atoms with E-state index < -0.39 is 0 Å². The molecule has 0 saturated carbocycles. The van der Waals surface area contributed by atoms with Crippen LogP contribution in [0.4, 0.5) is 0 Å². The lowest BCUT2D eigenvalue weighted by molar-refractivity contribution is -0.122. The zero-order chi connectivity index (χ0) is 18.6. The molecule has 4 rings (SSSR count). The summed E-state index contributed by atoms with van der Waals surface area (Å²) in [5, 5.41) is 5.07. The molecule has 138 valence electrons. The van der Waals surface area contributed by atoms with Gasteiger partial charge in [-0.25, -0.2) is 9.97 Å². The summed E-state index contributed by atoms with van der Waals surface area (Å²) in [5.41, 5.74) is 2.05. The summed E-state index contributed by atoms with van der Waals surface area (Å²) in [6, 6.07) is 16.2. The molecule has 0 atom stereocenters. The number of nitrogens with one attached hydrogen (secondary N) is 1. The lowest BCUT2D eigenvalue weighted by Gasteiger charge is -2.14. The molecular formula is C20H20N4OS2. The van der Waals surface area contributed by atoms with Crippen LogP contribution in [0.15, 0.2) is 48.5 Å². The van der Waals surface area contributed by atoms with Gasteiger partial charge in [-0.3, -0.25) is 9.69 Å². The molecule has 0 unspecified atom stereocenters. The molecular weight excluding hydrogens is 376 g/mol. The normalized spacial score (nSPS) is 11.5. The first-order chi connectivity index (χ1) is 13.2. The van der Waals surface area contributed by atoms with Crippen LogP contribution in [0.5, 0.6) is 0 Å². The molecule has 0 saturated heterocycles. The number of nitrogens with zero attached hydrogens (tertiary/aromatic N) is 3. The molecule has 4 aromatic rings. The fourth-order valence-electron chi connectivity index (χ4n) is 2.91. The molecule has 0 spiro atoms. The molecule has 0 radical (unpaired) electrons. The van der Waals surface area contributed by atoms with Crippen LogP contribution in [0.25, 0.3) is 20.4 Å². The standard InChI is InChI=1S/C20H20N4OS2/c1-24(13-20-23-15-7-3-5-9-17(15)27-20)12-18(25)21-11-10-19-22-14-6-2-4-8-16(14)26-19/h2-9H,10-13H2,1H3,(H,21,25). The van der Waals surface area contributed by atoms with Gasteiger partial charge in [0, 0.05) is 13.0 Å². The minimum atomic E-state index is 0.0275. The molecule has 0 aliphatic carbocycles. The van der Waals surface area contributed by atoms with Crippen LogP contribution in [-0.2, 0) is 17.8 Å². The van der Waals surface area contributed by atoms with Crippen LogP contribution >= 0.6 is 22.7 Å². The minimum absolute atomic E-state index is 0.0275. The number of amides is 1. The Labute approximate surface area is 165 Å². The molecule has 0 aliphatic heterocycles. The Balaban J connectivity index is 1.24. The number of rotatable bonds is 7. The maximum absolute atomic E-state index is 12.2. The van der Waals surface area contributed by atoms with E-state index in [4.69, 9.17) is 0 Å². The van der Waals surface area contributed by atoms with E-state index in [9.17, 15) is 4.79 Å². The van der Waals surface area contributed by atoms with Gasteiger partial charge in [-0.05, 0) is 31.3 Å². The van der Waals surface area contributed by atoms with Gasteiger partial charge in [0.1, 0.15) is 5.01 Å². The minimum Gasteiger partial charge on any atom is -0.355 e. The quantitative estimate of drug-likeness (QED) is 0.518. The van der Waals surface area contributed by atoms with E-state index >= 15 is 0 Å². The fraction of sp³-hybridized carbons (Fsp3) is 0.250. The summed E-state index contributed by atoms with van der Waals surface area (Å²) in [6.45, 7) is 1.63. The smallest absolute Gasteiger partial charge is 0.234 e. The third-order valence-electron chi connectivity index (χ3n) is 4.16. The Morgan fingerprint density at radius 3 is 2.22 bits per heavy atom. The zero-order valence-electron chi connectivity index (χ0n) is 15.0. The number of para-hydroxylation sites is 2. The van der Waals surface area contributed by atoms with Crippen LogP contribution in [0.2, 0.25) is 0 Å². The molecule has 2 aromatic heterocycles. The highest BCUT2D eigenvalue weighted by Gasteiger charge is 2.10. The number of hydrogen-bond donors (Lipinski definition) is 1. The first-order valence-electron chi connectivity index (χ1n) is 8.81. The van der Waals surface area contributed by atoms with Crippen LogP contribution < -0.4 is 5.32 Å². The average Bonchev–Trinajstić information content (AvgIpc) is 3.23. The van der Waals surface area contributed by atoms with Gasteiger partial charge >= 0.3 is 0 Å². The molecule has 5 nitrogen and oxygen atoms in total. The van der Waals surface area contributed by atoms with Gasteiger partial charge in [-0.1, -0.05) is 24.3 Å². The maximum atomic E-state index is 12.2. The molecule has 0 bridgehead atoms. The van der Waals surface area contributed by atoms with Gasteiger partial charge in [-0.2, -0.15) is 0 Å². The van der Waals surface area contributed by atoms with E-state index in [2.05, 4.69) is 27.4 Å². The van der Waals surface area contributed by atoms with Crippen LogP contribution in [-0.4, -0.2) is 40.9 Å². The highest BCUT2D eigenvalue weighted by atomic mass is 32.1. The zero-order valence-corrected chi connectivity index (χ0v) is 16.6. The van der Waals surface area contributed by atoms with Crippen molar-refractivity contribution < 1.29 is 4.79 Å².